The number of amides is 1. The molecule has 0 bridgehead atoms. The number of nitrogens with zero attached hydrogens (tertiary/aromatic N) is 3. The molecular weight excluding hydrogens is 302 g/mol. The minimum Gasteiger partial charge on any atom is -0.497 e. The van der Waals surface area contributed by atoms with Gasteiger partial charge < -0.3 is 14.5 Å². The molecule has 5 nitrogen and oxygen atoms in total. The van der Waals surface area contributed by atoms with Gasteiger partial charge in [-0.3, -0.25) is 9.69 Å². The second kappa shape index (κ2) is 7.53. The number of likely N-dealkylation sites (tertiary alicyclic amines) is 1. The van der Waals surface area contributed by atoms with Crippen LogP contribution in [0.25, 0.3) is 0 Å². The average Bonchev–Trinajstić information content (AvgIpc) is 2.62. The van der Waals surface area contributed by atoms with E-state index in [0.29, 0.717) is 6.04 Å². The number of rotatable bonds is 3. The van der Waals surface area contributed by atoms with Crippen molar-refractivity contribution in [1.82, 2.24) is 14.7 Å². The molecule has 2 aliphatic heterocycles. The smallest absolute Gasteiger partial charge is 0.220 e. The van der Waals surface area contributed by atoms with E-state index in [1.54, 1.807) is 14.0 Å². The number of ether oxygens (including phenoxy) is 1. The fourth-order valence-electron chi connectivity index (χ4n) is 3.98. The van der Waals surface area contributed by atoms with Crippen molar-refractivity contribution in [3.8, 4) is 5.75 Å². The topological polar surface area (TPSA) is 36.0 Å². The van der Waals surface area contributed by atoms with Gasteiger partial charge in [0.1, 0.15) is 5.75 Å². The van der Waals surface area contributed by atoms with Gasteiger partial charge in [0.15, 0.2) is 0 Å². The van der Waals surface area contributed by atoms with Crippen molar-refractivity contribution >= 4 is 5.91 Å². The molecule has 0 spiro atoms. The molecule has 1 atom stereocenters. The van der Waals surface area contributed by atoms with Crippen molar-refractivity contribution in [1.29, 1.82) is 0 Å². The van der Waals surface area contributed by atoms with Gasteiger partial charge in [-0.25, -0.2) is 0 Å². The number of methoxy groups -OCH3 is 1. The van der Waals surface area contributed by atoms with Crippen LogP contribution in [0.3, 0.4) is 0 Å². The highest BCUT2D eigenvalue weighted by Crippen LogP contribution is 2.29. The Balaban J connectivity index is 1.75. The second-order valence-electron chi connectivity index (χ2n) is 7.03. The summed E-state index contributed by atoms with van der Waals surface area (Å²) in [6, 6.07) is 8.96. The summed E-state index contributed by atoms with van der Waals surface area (Å²) in [4.78, 5) is 19.1. The van der Waals surface area contributed by atoms with E-state index in [4.69, 9.17) is 4.74 Å². The Morgan fingerprint density at radius 3 is 2.33 bits per heavy atom. The SMILES string of the molecule is COc1ccc([C@@H]2CN(C3CCN(C)CC3)CCN2C(C)=O)cc1. The maximum Gasteiger partial charge on any atom is 0.220 e. The monoisotopic (exact) mass is 331 g/mol. The van der Waals surface area contributed by atoms with Crippen LogP contribution in [0, 0.1) is 0 Å². The van der Waals surface area contributed by atoms with Crippen molar-refractivity contribution in [2.24, 2.45) is 0 Å². The Morgan fingerprint density at radius 1 is 1.08 bits per heavy atom. The van der Waals surface area contributed by atoms with Crippen LogP contribution in [-0.2, 0) is 4.79 Å². The predicted octanol–water partition coefficient (Wildman–Crippen LogP) is 1.99. The Morgan fingerprint density at radius 2 is 1.75 bits per heavy atom. The molecule has 2 saturated heterocycles. The van der Waals surface area contributed by atoms with Crippen molar-refractivity contribution in [2.45, 2.75) is 31.8 Å². The molecule has 1 aromatic carbocycles. The van der Waals surface area contributed by atoms with E-state index in [1.807, 2.05) is 17.0 Å². The van der Waals surface area contributed by atoms with Crippen LogP contribution in [-0.4, -0.2) is 73.5 Å². The zero-order valence-electron chi connectivity index (χ0n) is 15.1. The third-order valence-electron chi connectivity index (χ3n) is 5.52. The first-order valence-electron chi connectivity index (χ1n) is 8.92. The molecule has 0 aliphatic carbocycles. The first-order chi connectivity index (χ1) is 11.6. The Bertz CT molecular complexity index is 552. The van der Waals surface area contributed by atoms with Crippen LogP contribution >= 0.6 is 0 Å². The van der Waals surface area contributed by atoms with E-state index >= 15 is 0 Å². The van der Waals surface area contributed by atoms with Gasteiger partial charge in [-0.2, -0.15) is 0 Å². The van der Waals surface area contributed by atoms with Crippen LogP contribution in [0.2, 0.25) is 0 Å². The molecular formula is C19H29N3O2. The van der Waals surface area contributed by atoms with Crippen LogP contribution in [0.5, 0.6) is 5.75 Å². The number of benzene rings is 1. The van der Waals surface area contributed by atoms with Gasteiger partial charge in [0.05, 0.1) is 13.2 Å². The maximum absolute atomic E-state index is 12.1. The van der Waals surface area contributed by atoms with Gasteiger partial charge in [0, 0.05) is 32.6 Å². The highest BCUT2D eigenvalue weighted by Gasteiger charge is 2.33. The first kappa shape index (κ1) is 17.2. The fraction of sp³-hybridized carbons (Fsp3) is 0.632. The lowest BCUT2D eigenvalue weighted by molar-refractivity contribution is -0.134. The van der Waals surface area contributed by atoms with Gasteiger partial charge in [-0.1, -0.05) is 12.1 Å². The molecule has 0 saturated carbocycles. The number of piperidine rings is 1. The van der Waals surface area contributed by atoms with Crippen LogP contribution in [0.1, 0.15) is 31.4 Å². The summed E-state index contributed by atoms with van der Waals surface area (Å²) in [5, 5.41) is 0. The highest BCUT2D eigenvalue weighted by molar-refractivity contribution is 5.74. The van der Waals surface area contributed by atoms with Crippen LogP contribution in [0.15, 0.2) is 24.3 Å². The third kappa shape index (κ3) is 3.73. The lowest BCUT2D eigenvalue weighted by Gasteiger charge is -2.46. The summed E-state index contributed by atoms with van der Waals surface area (Å²) in [5.41, 5.74) is 1.20. The van der Waals surface area contributed by atoms with Crippen molar-refractivity contribution in [3.63, 3.8) is 0 Å². The average molecular weight is 331 g/mol. The molecule has 132 valence electrons. The molecule has 2 aliphatic rings. The van der Waals surface area contributed by atoms with Crippen LogP contribution < -0.4 is 4.74 Å². The Hall–Kier alpha value is -1.59. The number of carbonyl (C=O) groups excluding carboxylic acids is 1. The van der Waals surface area contributed by atoms with Gasteiger partial charge in [0.25, 0.3) is 0 Å². The van der Waals surface area contributed by atoms with E-state index < -0.39 is 0 Å². The van der Waals surface area contributed by atoms with E-state index in [1.165, 1.54) is 31.5 Å². The molecule has 24 heavy (non-hydrogen) atoms. The third-order valence-corrected chi connectivity index (χ3v) is 5.52. The summed E-state index contributed by atoms with van der Waals surface area (Å²) in [7, 11) is 3.88. The molecule has 2 heterocycles. The zero-order chi connectivity index (χ0) is 17.1. The first-order valence-corrected chi connectivity index (χ1v) is 8.92. The normalized spacial score (nSPS) is 24.1. The predicted molar refractivity (Wildman–Crippen MR) is 95.2 cm³/mol. The van der Waals surface area contributed by atoms with Crippen molar-refractivity contribution < 1.29 is 9.53 Å². The summed E-state index contributed by atoms with van der Waals surface area (Å²) >= 11 is 0. The standard InChI is InChI=1S/C19H29N3O2/c1-15(23)22-13-12-21(17-8-10-20(2)11-9-17)14-19(22)16-4-6-18(24-3)7-5-16/h4-7,17,19H,8-14H2,1-3H3/t19-/m0/s1. The van der Waals surface area contributed by atoms with E-state index in [0.717, 1.165) is 25.4 Å². The minimum atomic E-state index is 0.141. The van der Waals surface area contributed by atoms with Gasteiger partial charge in [-0.05, 0) is 50.7 Å². The van der Waals surface area contributed by atoms with Gasteiger partial charge in [-0.15, -0.1) is 0 Å². The van der Waals surface area contributed by atoms with Crippen molar-refractivity contribution in [2.75, 3.05) is 46.9 Å². The molecule has 0 radical (unpaired) electrons. The molecule has 5 heteroatoms. The molecule has 1 aromatic rings. The highest BCUT2D eigenvalue weighted by atomic mass is 16.5. The van der Waals surface area contributed by atoms with E-state index in [9.17, 15) is 4.79 Å². The molecule has 1 amide bonds. The molecule has 3 rings (SSSR count). The van der Waals surface area contributed by atoms with E-state index in [2.05, 4.69) is 29.0 Å². The summed E-state index contributed by atoms with van der Waals surface area (Å²) in [6.45, 7) is 6.76. The Labute approximate surface area is 145 Å². The molecule has 0 N–H and O–H groups in total. The molecule has 0 aromatic heterocycles. The quantitative estimate of drug-likeness (QED) is 0.849. The number of piperazine rings is 1. The zero-order valence-corrected chi connectivity index (χ0v) is 15.1. The number of hydrogen-bond donors (Lipinski definition) is 0. The maximum atomic E-state index is 12.1. The fourth-order valence-corrected chi connectivity index (χ4v) is 3.98. The lowest BCUT2D eigenvalue weighted by atomic mass is 9.97. The summed E-state index contributed by atoms with van der Waals surface area (Å²) in [6.07, 6.45) is 2.46. The summed E-state index contributed by atoms with van der Waals surface area (Å²) in [5.74, 6) is 1.02. The molecule has 0 unspecified atom stereocenters. The summed E-state index contributed by atoms with van der Waals surface area (Å²) < 4.78 is 5.26. The van der Waals surface area contributed by atoms with E-state index in [-0.39, 0.29) is 11.9 Å². The van der Waals surface area contributed by atoms with Gasteiger partial charge >= 0.3 is 0 Å². The number of carbonyl (C=O) groups is 1. The van der Waals surface area contributed by atoms with Crippen LogP contribution in [0.4, 0.5) is 0 Å². The number of hydrogen-bond acceptors (Lipinski definition) is 4. The lowest BCUT2D eigenvalue weighted by Crippen LogP contribution is -2.55. The Kier molecular flexibility index (Phi) is 5.41. The van der Waals surface area contributed by atoms with Crippen molar-refractivity contribution in [3.05, 3.63) is 29.8 Å². The minimum absolute atomic E-state index is 0.141. The van der Waals surface area contributed by atoms with Gasteiger partial charge in [0.2, 0.25) is 5.91 Å². The molecule has 2 fully saturated rings. The second-order valence-corrected chi connectivity index (χ2v) is 7.03. The largest absolute Gasteiger partial charge is 0.497 e.